The minimum Gasteiger partial charge on any atom is -0.496 e. The minimum atomic E-state index is -4.30. The van der Waals surface area contributed by atoms with E-state index in [1.54, 1.807) is 68.9 Å². The summed E-state index contributed by atoms with van der Waals surface area (Å²) in [5.74, 6) is -0.654. The van der Waals surface area contributed by atoms with Crippen LogP contribution in [0.5, 0.6) is 5.75 Å². The van der Waals surface area contributed by atoms with Crippen LogP contribution in [0.3, 0.4) is 0 Å². The van der Waals surface area contributed by atoms with Gasteiger partial charge in [-0.1, -0.05) is 17.7 Å². The average Bonchev–Trinajstić information content (AvgIpc) is 3.80. The number of ether oxygens (including phenoxy) is 3. The second-order valence-corrected chi connectivity index (χ2v) is 14.8. The van der Waals surface area contributed by atoms with Crippen molar-refractivity contribution < 1.29 is 37.0 Å². The lowest BCUT2D eigenvalue weighted by Gasteiger charge is -2.36. The molecule has 5 rings (SSSR count). The molecule has 12 nitrogen and oxygen atoms in total. The van der Waals surface area contributed by atoms with Crippen molar-refractivity contribution in [2.24, 2.45) is 5.92 Å². The van der Waals surface area contributed by atoms with Crippen molar-refractivity contribution in [3.05, 3.63) is 58.1 Å². The highest BCUT2D eigenvalue weighted by atomic mass is 35.5. The quantitative estimate of drug-likeness (QED) is 0.466. The van der Waals surface area contributed by atoms with E-state index in [4.69, 9.17) is 25.8 Å². The molecule has 14 heteroatoms. The smallest absolute Gasteiger partial charge is 0.410 e. The van der Waals surface area contributed by atoms with Crippen molar-refractivity contribution in [2.75, 3.05) is 53.0 Å². The fraction of sp³-hybridized carbons (Fsp3) is 0.516. The van der Waals surface area contributed by atoms with Crippen molar-refractivity contribution in [1.29, 1.82) is 0 Å². The molecule has 0 saturated carbocycles. The Labute approximate surface area is 268 Å². The van der Waals surface area contributed by atoms with Gasteiger partial charge in [-0.05, 0) is 75.6 Å². The topological polar surface area (TPSA) is 138 Å². The van der Waals surface area contributed by atoms with Gasteiger partial charge in [-0.25, -0.2) is 13.2 Å². The number of epoxide rings is 1. The van der Waals surface area contributed by atoms with Crippen molar-refractivity contribution in [3.63, 3.8) is 0 Å². The van der Waals surface area contributed by atoms with Crippen molar-refractivity contribution in [2.45, 2.75) is 50.3 Å². The summed E-state index contributed by atoms with van der Waals surface area (Å²) < 4.78 is 46.4. The molecule has 1 spiro atoms. The van der Waals surface area contributed by atoms with E-state index in [-0.39, 0.29) is 42.6 Å². The number of sulfonamides is 1. The lowest BCUT2D eigenvalue weighted by Crippen LogP contribution is -2.51. The number of piperazine rings is 1. The molecule has 3 heterocycles. The number of hydrogen-bond donors (Lipinski definition) is 1. The first kappa shape index (κ1) is 33.0. The largest absolute Gasteiger partial charge is 0.496 e. The van der Waals surface area contributed by atoms with E-state index >= 15 is 0 Å². The number of halogens is 1. The SMILES string of the molecule is COc1ccc(Cl)cc1CC1CNC(=O)CN(S(=O)(=O)c2ccc(C)c(C(=O)N3CCN(C(=O)OC(C)(C)C)CC3)c2)C12CO2. The summed E-state index contributed by atoms with van der Waals surface area (Å²) in [7, 11) is -2.76. The predicted molar refractivity (Wildman–Crippen MR) is 166 cm³/mol. The number of nitrogens with one attached hydrogen (secondary N) is 1. The van der Waals surface area contributed by atoms with Crippen LogP contribution >= 0.6 is 11.6 Å². The molecule has 2 atom stereocenters. The van der Waals surface area contributed by atoms with Gasteiger partial charge < -0.3 is 29.3 Å². The second-order valence-electron chi connectivity index (χ2n) is 12.5. The van der Waals surface area contributed by atoms with Gasteiger partial charge in [-0.2, -0.15) is 4.31 Å². The van der Waals surface area contributed by atoms with Crippen LogP contribution in [0.15, 0.2) is 41.3 Å². The monoisotopic (exact) mass is 662 g/mol. The zero-order chi connectivity index (χ0) is 32.7. The maximum atomic E-state index is 14.2. The van der Waals surface area contributed by atoms with Gasteiger partial charge in [-0.3, -0.25) is 9.59 Å². The highest BCUT2D eigenvalue weighted by molar-refractivity contribution is 7.89. The molecule has 0 radical (unpaired) electrons. The van der Waals surface area contributed by atoms with Gasteiger partial charge in [-0.15, -0.1) is 0 Å². The molecule has 1 N–H and O–H groups in total. The van der Waals surface area contributed by atoms with Crippen LogP contribution in [-0.4, -0.2) is 105 Å². The van der Waals surface area contributed by atoms with Crippen LogP contribution in [0.1, 0.15) is 42.3 Å². The summed E-state index contributed by atoms with van der Waals surface area (Å²) in [5.41, 5.74) is -0.308. The molecule has 45 heavy (non-hydrogen) atoms. The molecule has 3 saturated heterocycles. The number of amides is 3. The number of methoxy groups -OCH3 is 1. The average molecular weight is 663 g/mol. The van der Waals surface area contributed by atoms with Crippen LogP contribution in [0.25, 0.3) is 0 Å². The summed E-state index contributed by atoms with van der Waals surface area (Å²) in [5, 5.41) is 3.33. The lowest BCUT2D eigenvalue weighted by molar-refractivity contribution is -0.121. The first-order chi connectivity index (χ1) is 21.1. The van der Waals surface area contributed by atoms with E-state index in [1.165, 1.54) is 12.1 Å². The molecule has 2 unspecified atom stereocenters. The van der Waals surface area contributed by atoms with E-state index in [0.717, 1.165) is 9.87 Å². The zero-order valence-electron chi connectivity index (χ0n) is 26.1. The van der Waals surface area contributed by atoms with Crippen molar-refractivity contribution in [1.82, 2.24) is 19.4 Å². The summed E-state index contributed by atoms with van der Waals surface area (Å²) in [6.45, 7) is 8.09. The second kappa shape index (κ2) is 12.4. The summed E-state index contributed by atoms with van der Waals surface area (Å²) >= 11 is 6.25. The Kier molecular flexibility index (Phi) is 9.11. The van der Waals surface area contributed by atoms with E-state index < -0.39 is 45.8 Å². The molecule has 0 aliphatic carbocycles. The normalized spacial score (nSPS) is 22.5. The van der Waals surface area contributed by atoms with Gasteiger partial charge in [0.25, 0.3) is 5.91 Å². The van der Waals surface area contributed by atoms with E-state index in [2.05, 4.69) is 5.32 Å². The Balaban J connectivity index is 1.38. The number of nitrogens with zero attached hydrogens (tertiary/aromatic N) is 3. The van der Waals surface area contributed by atoms with Gasteiger partial charge in [0.1, 0.15) is 11.4 Å². The number of hydrogen-bond acceptors (Lipinski definition) is 8. The Hall–Kier alpha value is -3.39. The number of aryl methyl sites for hydroxylation is 1. The first-order valence-corrected chi connectivity index (χ1v) is 16.6. The van der Waals surface area contributed by atoms with Crippen LogP contribution < -0.4 is 10.1 Å². The summed E-state index contributed by atoms with van der Waals surface area (Å²) in [4.78, 5) is 42.0. The zero-order valence-corrected chi connectivity index (χ0v) is 27.7. The Bertz CT molecular complexity index is 1600. The molecular formula is C31H39ClN4O8S. The molecule has 244 valence electrons. The Morgan fingerprint density at radius 1 is 1.09 bits per heavy atom. The molecule has 0 bridgehead atoms. The summed E-state index contributed by atoms with van der Waals surface area (Å²) in [6.07, 6.45) is -0.105. The fourth-order valence-corrected chi connectivity index (χ4v) is 7.68. The molecule has 0 aromatic heterocycles. The number of benzene rings is 2. The van der Waals surface area contributed by atoms with Gasteiger partial charge in [0.2, 0.25) is 15.9 Å². The number of carbonyl (C=O) groups is 3. The van der Waals surface area contributed by atoms with Crippen molar-refractivity contribution >= 4 is 39.5 Å². The highest BCUT2D eigenvalue weighted by Crippen LogP contribution is 2.45. The van der Waals surface area contributed by atoms with E-state index in [9.17, 15) is 22.8 Å². The minimum absolute atomic E-state index is 0.105. The Morgan fingerprint density at radius 2 is 1.76 bits per heavy atom. The number of rotatable bonds is 6. The third-order valence-electron chi connectivity index (χ3n) is 8.29. The molecule has 3 fully saturated rings. The van der Waals surface area contributed by atoms with Crippen LogP contribution in [0.2, 0.25) is 5.02 Å². The van der Waals surface area contributed by atoms with Crippen molar-refractivity contribution in [3.8, 4) is 5.75 Å². The molecule has 3 aliphatic rings. The van der Waals surface area contributed by atoms with Crippen LogP contribution in [-0.2, 0) is 30.7 Å². The van der Waals surface area contributed by atoms with Crippen LogP contribution in [0, 0.1) is 12.8 Å². The third-order valence-corrected chi connectivity index (χ3v) is 10.4. The molecule has 2 aromatic carbocycles. The van der Waals surface area contributed by atoms with E-state index in [1.807, 2.05) is 0 Å². The fourth-order valence-electron chi connectivity index (χ4n) is 5.77. The lowest BCUT2D eigenvalue weighted by atomic mass is 9.92. The van der Waals surface area contributed by atoms with Gasteiger partial charge in [0.05, 0.1) is 25.2 Å². The van der Waals surface area contributed by atoms with Gasteiger partial charge in [0, 0.05) is 49.2 Å². The highest BCUT2D eigenvalue weighted by Gasteiger charge is 2.62. The molecule has 2 aromatic rings. The van der Waals surface area contributed by atoms with Gasteiger partial charge in [0.15, 0.2) is 5.72 Å². The molecule has 3 amide bonds. The maximum Gasteiger partial charge on any atom is 0.410 e. The molecule has 3 aliphatic heterocycles. The summed E-state index contributed by atoms with van der Waals surface area (Å²) in [6, 6.07) is 9.59. The number of carbonyl (C=O) groups excluding carboxylic acids is 3. The van der Waals surface area contributed by atoms with Gasteiger partial charge >= 0.3 is 6.09 Å². The Morgan fingerprint density at radius 3 is 2.38 bits per heavy atom. The van der Waals surface area contributed by atoms with E-state index in [0.29, 0.717) is 35.8 Å². The third kappa shape index (κ3) is 6.91. The predicted octanol–water partition coefficient (Wildman–Crippen LogP) is 3.06. The van der Waals surface area contributed by atoms with Crippen LogP contribution in [0.4, 0.5) is 4.79 Å². The molecular weight excluding hydrogens is 624 g/mol. The first-order valence-electron chi connectivity index (χ1n) is 14.8. The maximum absolute atomic E-state index is 14.2. The standard InChI is InChI=1S/C31H39ClN4O8S/c1-20-6-8-24(16-25(20)28(38)34-10-12-35(13-11-34)29(39)44-30(2,3)4)45(40,41)36-18-27(37)33-17-22(31(36)19-43-31)14-21-15-23(32)7-9-26(21)42-5/h6-9,15-16,22H,10-14,17-19H2,1-5H3,(H,33,37).